The minimum absolute atomic E-state index is 0.0812. The fourth-order valence-electron chi connectivity index (χ4n) is 1.64. The van der Waals surface area contributed by atoms with E-state index in [1.54, 1.807) is 30.5 Å². The second kappa shape index (κ2) is 7.71. The molecule has 2 rings (SSSR count). The number of esters is 1. The third-order valence-electron chi connectivity index (χ3n) is 2.58. The summed E-state index contributed by atoms with van der Waals surface area (Å²) < 4.78 is 5.60. The summed E-state index contributed by atoms with van der Waals surface area (Å²) in [6, 6.07) is 5.01. The third kappa shape index (κ3) is 4.53. The van der Waals surface area contributed by atoms with Gasteiger partial charge in [-0.25, -0.2) is 4.98 Å². The molecule has 1 aromatic heterocycles. The summed E-state index contributed by atoms with van der Waals surface area (Å²) in [6.07, 6.45) is 0.0812. The molecule has 1 amide bonds. The zero-order valence-electron chi connectivity index (χ0n) is 11.6. The summed E-state index contributed by atoms with van der Waals surface area (Å²) in [5.74, 6) is -0.705. The van der Waals surface area contributed by atoms with Crippen molar-refractivity contribution in [2.45, 2.75) is 13.3 Å². The molecule has 5 nitrogen and oxygen atoms in total. The number of ether oxygens (including phenoxy) is 1. The van der Waals surface area contributed by atoms with E-state index in [1.807, 2.05) is 0 Å². The number of carbonyl (C=O) groups excluding carboxylic acids is 2. The molecule has 0 aliphatic carbocycles. The van der Waals surface area contributed by atoms with E-state index in [-0.39, 0.29) is 18.3 Å². The van der Waals surface area contributed by atoms with Crippen LogP contribution in [-0.2, 0) is 16.0 Å². The van der Waals surface area contributed by atoms with E-state index in [9.17, 15) is 9.59 Å². The van der Waals surface area contributed by atoms with Gasteiger partial charge >= 0.3 is 5.97 Å². The molecule has 8 heteroatoms. The normalized spacial score (nSPS) is 10.3. The summed E-state index contributed by atoms with van der Waals surface area (Å²) in [7, 11) is 0. The van der Waals surface area contributed by atoms with E-state index in [0.29, 0.717) is 28.0 Å². The number of nitrogens with zero attached hydrogens (tertiary/aromatic N) is 1. The van der Waals surface area contributed by atoms with Gasteiger partial charge in [-0.2, -0.15) is 0 Å². The highest BCUT2D eigenvalue weighted by molar-refractivity contribution is 9.10. The maximum atomic E-state index is 12.2. The quantitative estimate of drug-likeness (QED) is 0.768. The van der Waals surface area contributed by atoms with Crippen LogP contribution in [0.1, 0.15) is 23.0 Å². The van der Waals surface area contributed by atoms with Crippen molar-refractivity contribution in [3.63, 3.8) is 0 Å². The van der Waals surface area contributed by atoms with Gasteiger partial charge in [-0.05, 0) is 25.1 Å². The zero-order chi connectivity index (χ0) is 16.1. The minimum Gasteiger partial charge on any atom is -0.466 e. The van der Waals surface area contributed by atoms with E-state index in [1.165, 1.54) is 11.3 Å². The van der Waals surface area contributed by atoms with Crippen LogP contribution in [0.3, 0.4) is 0 Å². The molecular weight excluding hydrogens is 392 g/mol. The lowest BCUT2D eigenvalue weighted by atomic mass is 10.2. The Hall–Kier alpha value is -1.44. The molecular formula is C14H12BrClN2O3S. The lowest BCUT2D eigenvalue weighted by Gasteiger charge is -2.04. The van der Waals surface area contributed by atoms with E-state index >= 15 is 0 Å². The van der Waals surface area contributed by atoms with Crippen LogP contribution in [0.15, 0.2) is 28.1 Å². The fourth-order valence-corrected chi connectivity index (χ4v) is 2.91. The number of carbonyl (C=O) groups is 2. The summed E-state index contributed by atoms with van der Waals surface area (Å²) in [4.78, 5) is 27.7. The SMILES string of the molecule is CCOC(=O)Cc1csc(NC(=O)c2cc(Br)ccc2Cl)n1. The van der Waals surface area contributed by atoms with Gasteiger partial charge in [0.1, 0.15) is 0 Å². The predicted molar refractivity (Wildman–Crippen MR) is 89.6 cm³/mol. The lowest BCUT2D eigenvalue weighted by Crippen LogP contribution is -2.13. The first-order chi connectivity index (χ1) is 10.5. The number of halogens is 2. The largest absolute Gasteiger partial charge is 0.466 e. The van der Waals surface area contributed by atoms with Crippen molar-refractivity contribution in [3.8, 4) is 0 Å². The van der Waals surface area contributed by atoms with Gasteiger partial charge in [0.25, 0.3) is 5.91 Å². The monoisotopic (exact) mass is 402 g/mol. The molecule has 0 atom stereocenters. The van der Waals surface area contributed by atoms with Crippen molar-refractivity contribution in [3.05, 3.63) is 44.3 Å². The van der Waals surface area contributed by atoms with Crippen LogP contribution in [0.4, 0.5) is 5.13 Å². The molecule has 22 heavy (non-hydrogen) atoms. The standard InChI is InChI=1S/C14H12BrClN2O3S/c1-2-21-12(19)6-9-7-22-14(17-9)18-13(20)10-5-8(15)3-4-11(10)16/h3-5,7H,2,6H2,1H3,(H,17,18,20). The number of hydrogen-bond acceptors (Lipinski definition) is 5. The lowest BCUT2D eigenvalue weighted by molar-refractivity contribution is -0.142. The Morgan fingerprint density at radius 2 is 2.23 bits per heavy atom. The number of hydrogen-bond donors (Lipinski definition) is 1. The molecule has 0 aliphatic heterocycles. The van der Waals surface area contributed by atoms with Gasteiger partial charge in [0, 0.05) is 9.85 Å². The molecule has 2 aromatic rings. The highest BCUT2D eigenvalue weighted by Gasteiger charge is 2.14. The van der Waals surface area contributed by atoms with Gasteiger partial charge in [0.2, 0.25) is 0 Å². The van der Waals surface area contributed by atoms with Crippen LogP contribution in [0.25, 0.3) is 0 Å². The molecule has 0 aliphatic rings. The molecule has 1 N–H and O–H groups in total. The van der Waals surface area contributed by atoms with Crippen LogP contribution in [0.5, 0.6) is 0 Å². The van der Waals surface area contributed by atoms with Gasteiger partial charge < -0.3 is 4.74 Å². The Morgan fingerprint density at radius 1 is 1.45 bits per heavy atom. The average molecular weight is 404 g/mol. The van der Waals surface area contributed by atoms with Crippen LogP contribution in [-0.4, -0.2) is 23.5 Å². The van der Waals surface area contributed by atoms with Gasteiger partial charge in [-0.1, -0.05) is 27.5 Å². The van der Waals surface area contributed by atoms with E-state index in [4.69, 9.17) is 16.3 Å². The first-order valence-corrected chi connectivity index (χ1v) is 8.41. The second-order valence-electron chi connectivity index (χ2n) is 4.20. The number of rotatable bonds is 5. The molecule has 0 radical (unpaired) electrons. The highest BCUT2D eigenvalue weighted by atomic mass is 79.9. The van der Waals surface area contributed by atoms with Crippen molar-refractivity contribution < 1.29 is 14.3 Å². The van der Waals surface area contributed by atoms with Crippen LogP contribution in [0.2, 0.25) is 5.02 Å². The van der Waals surface area contributed by atoms with Crippen LogP contribution in [0, 0.1) is 0 Å². The highest BCUT2D eigenvalue weighted by Crippen LogP contribution is 2.23. The Labute approximate surface area is 144 Å². The first-order valence-electron chi connectivity index (χ1n) is 6.36. The maximum Gasteiger partial charge on any atom is 0.311 e. The number of amides is 1. The first kappa shape index (κ1) is 16.9. The fraction of sp³-hybridized carbons (Fsp3) is 0.214. The second-order valence-corrected chi connectivity index (χ2v) is 6.39. The minimum atomic E-state index is -0.358. The molecule has 0 bridgehead atoms. The van der Waals surface area contributed by atoms with E-state index < -0.39 is 0 Å². The number of benzene rings is 1. The summed E-state index contributed by atoms with van der Waals surface area (Å²) in [5.41, 5.74) is 0.900. The number of thiazole rings is 1. The van der Waals surface area contributed by atoms with Crippen LogP contribution < -0.4 is 5.32 Å². The van der Waals surface area contributed by atoms with Crippen molar-refractivity contribution >= 4 is 55.9 Å². The summed E-state index contributed by atoms with van der Waals surface area (Å²) in [5, 5.41) is 5.12. The molecule has 1 heterocycles. The van der Waals surface area contributed by atoms with Gasteiger partial charge in [0.15, 0.2) is 5.13 Å². The number of anilines is 1. The average Bonchev–Trinajstić information content (AvgIpc) is 2.88. The van der Waals surface area contributed by atoms with Crippen LogP contribution >= 0.6 is 38.9 Å². The third-order valence-corrected chi connectivity index (χ3v) is 4.21. The number of aromatic nitrogens is 1. The Bertz CT molecular complexity index is 705. The van der Waals surface area contributed by atoms with Gasteiger partial charge in [-0.3, -0.25) is 14.9 Å². The van der Waals surface area contributed by atoms with E-state index in [2.05, 4.69) is 26.2 Å². The summed E-state index contributed by atoms with van der Waals surface area (Å²) >= 11 is 10.5. The van der Waals surface area contributed by atoms with Crippen molar-refractivity contribution in [2.75, 3.05) is 11.9 Å². The van der Waals surface area contributed by atoms with Crippen molar-refractivity contribution in [1.29, 1.82) is 0 Å². The number of nitrogens with one attached hydrogen (secondary N) is 1. The Balaban J connectivity index is 2.05. The molecule has 1 aromatic carbocycles. The zero-order valence-corrected chi connectivity index (χ0v) is 14.7. The van der Waals surface area contributed by atoms with Gasteiger partial charge in [-0.15, -0.1) is 11.3 Å². The summed E-state index contributed by atoms with van der Waals surface area (Å²) in [6.45, 7) is 2.07. The van der Waals surface area contributed by atoms with Gasteiger partial charge in [0.05, 0.1) is 29.3 Å². The van der Waals surface area contributed by atoms with Crippen molar-refractivity contribution in [2.24, 2.45) is 0 Å². The predicted octanol–water partition coefficient (Wildman–Crippen LogP) is 3.92. The van der Waals surface area contributed by atoms with Crippen molar-refractivity contribution in [1.82, 2.24) is 4.98 Å². The Morgan fingerprint density at radius 3 is 2.95 bits per heavy atom. The Kier molecular flexibility index (Phi) is 5.93. The molecule has 0 saturated carbocycles. The molecule has 0 fully saturated rings. The topological polar surface area (TPSA) is 68.3 Å². The maximum absolute atomic E-state index is 12.2. The van der Waals surface area contributed by atoms with E-state index in [0.717, 1.165) is 4.47 Å². The molecule has 0 unspecified atom stereocenters. The molecule has 116 valence electrons. The smallest absolute Gasteiger partial charge is 0.311 e. The molecule has 0 saturated heterocycles. The molecule has 0 spiro atoms.